The summed E-state index contributed by atoms with van der Waals surface area (Å²) in [6, 6.07) is 14.8. The van der Waals surface area contributed by atoms with Crippen LogP contribution in [0.1, 0.15) is 15.9 Å². The highest BCUT2D eigenvalue weighted by atomic mass is 32.1. The fourth-order valence-corrected chi connectivity index (χ4v) is 2.10. The Balaban J connectivity index is 1.97. The number of benzene rings is 2. The number of amides is 1. The zero-order valence-electron chi connectivity index (χ0n) is 12.3. The molecule has 0 aliphatic heterocycles. The van der Waals surface area contributed by atoms with E-state index in [1.807, 2.05) is 43.3 Å². The molecule has 2 aromatic rings. The number of hydrogen-bond acceptors (Lipinski definition) is 4. The van der Waals surface area contributed by atoms with E-state index in [9.17, 15) is 4.79 Å². The van der Waals surface area contributed by atoms with E-state index in [4.69, 9.17) is 17.0 Å². The molecule has 0 spiro atoms. The number of carbonyl (C=O) groups excluding carboxylic acids is 1. The van der Waals surface area contributed by atoms with Crippen molar-refractivity contribution in [2.24, 2.45) is 0 Å². The van der Waals surface area contributed by atoms with Crippen LogP contribution in [0.3, 0.4) is 0 Å². The minimum absolute atomic E-state index is 0.178. The monoisotopic (exact) mass is 315 g/mol. The average Bonchev–Trinajstić information content (AvgIpc) is 2.53. The lowest BCUT2D eigenvalue weighted by Crippen LogP contribution is -2.42. The smallest absolute Gasteiger partial charge is 0.261 e. The van der Waals surface area contributed by atoms with Crippen LogP contribution in [-0.2, 0) is 0 Å². The van der Waals surface area contributed by atoms with E-state index in [-0.39, 0.29) is 11.0 Å². The number of methoxy groups -OCH3 is 1. The van der Waals surface area contributed by atoms with Crippen molar-refractivity contribution in [3.63, 3.8) is 0 Å². The van der Waals surface area contributed by atoms with E-state index in [0.717, 1.165) is 11.3 Å². The van der Waals surface area contributed by atoms with Gasteiger partial charge in [0.25, 0.3) is 5.91 Å². The molecule has 2 aromatic carbocycles. The third kappa shape index (κ3) is 3.95. The number of anilines is 1. The van der Waals surface area contributed by atoms with Gasteiger partial charge in [-0.2, -0.15) is 0 Å². The molecule has 0 unspecified atom stereocenters. The number of nitrogens with one attached hydrogen (secondary N) is 3. The van der Waals surface area contributed by atoms with E-state index in [1.165, 1.54) is 7.11 Å². The summed E-state index contributed by atoms with van der Waals surface area (Å²) in [5, 5.41) is 2.79. The Morgan fingerprint density at radius 2 is 1.82 bits per heavy atom. The van der Waals surface area contributed by atoms with E-state index in [0.29, 0.717) is 11.3 Å². The van der Waals surface area contributed by atoms with Crippen LogP contribution < -0.4 is 20.9 Å². The Kier molecular flexibility index (Phi) is 5.32. The van der Waals surface area contributed by atoms with Crippen LogP contribution in [0.4, 0.5) is 5.69 Å². The van der Waals surface area contributed by atoms with Gasteiger partial charge in [-0.1, -0.05) is 30.3 Å². The zero-order chi connectivity index (χ0) is 15.9. The van der Waals surface area contributed by atoms with Crippen LogP contribution in [0.25, 0.3) is 0 Å². The number of thiocarbonyl (C=S) groups is 1. The van der Waals surface area contributed by atoms with E-state index < -0.39 is 0 Å². The minimum atomic E-state index is -0.326. The molecule has 0 aromatic heterocycles. The minimum Gasteiger partial charge on any atom is -0.496 e. The van der Waals surface area contributed by atoms with Crippen molar-refractivity contribution in [2.45, 2.75) is 6.92 Å². The van der Waals surface area contributed by atoms with Crippen LogP contribution in [0.15, 0.2) is 48.5 Å². The molecule has 0 fully saturated rings. The number of hydrogen-bond donors (Lipinski definition) is 3. The van der Waals surface area contributed by atoms with Gasteiger partial charge in [0.15, 0.2) is 5.11 Å². The first-order valence-electron chi connectivity index (χ1n) is 6.68. The first-order valence-corrected chi connectivity index (χ1v) is 7.08. The predicted octanol–water partition coefficient (Wildman–Crippen LogP) is 2.64. The highest BCUT2D eigenvalue weighted by molar-refractivity contribution is 7.80. The maximum Gasteiger partial charge on any atom is 0.261 e. The summed E-state index contributed by atoms with van der Waals surface area (Å²) in [5.74, 6) is 0.215. The van der Waals surface area contributed by atoms with E-state index in [2.05, 4.69) is 16.2 Å². The number of para-hydroxylation sites is 2. The van der Waals surface area contributed by atoms with Gasteiger partial charge >= 0.3 is 0 Å². The molecule has 0 aliphatic rings. The molecule has 0 bridgehead atoms. The normalized spacial score (nSPS) is 9.73. The second kappa shape index (κ2) is 7.42. The molecule has 22 heavy (non-hydrogen) atoms. The maximum absolute atomic E-state index is 12.3. The quantitative estimate of drug-likeness (QED) is 0.598. The van der Waals surface area contributed by atoms with Gasteiger partial charge in [-0.25, -0.2) is 0 Å². The molecule has 0 aliphatic carbocycles. The first-order chi connectivity index (χ1) is 10.6. The number of rotatable bonds is 4. The van der Waals surface area contributed by atoms with Crippen LogP contribution in [-0.4, -0.2) is 18.1 Å². The second-order valence-corrected chi connectivity index (χ2v) is 4.96. The molecule has 0 atom stereocenters. The summed E-state index contributed by atoms with van der Waals surface area (Å²) in [7, 11) is 1.53. The van der Waals surface area contributed by atoms with Crippen LogP contribution in [0, 0.1) is 6.92 Å². The maximum atomic E-state index is 12.3. The van der Waals surface area contributed by atoms with Crippen molar-refractivity contribution in [1.82, 2.24) is 10.7 Å². The number of ether oxygens (including phenoxy) is 1. The van der Waals surface area contributed by atoms with Crippen LogP contribution in [0.2, 0.25) is 0 Å². The van der Waals surface area contributed by atoms with Crippen molar-refractivity contribution < 1.29 is 9.53 Å². The van der Waals surface area contributed by atoms with Crippen molar-refractivity contribution in [2.75, 3.05) is 12.5 Å². The van der Waals surface area contributed by atoms with Gasteiger partial charge in [-0.3, -0.25) is 21.0 Å². The summed E-state index contributed by atoms with van der Waals surface area (Å²) in [6.45, 7) is 1.88. The molecule has 0 saturated heterocycles. The molecular formula is C16H17N3O2S. The third-order valence-electron chi connectivity index (χ3n) is 2.98. The summed E-state index contributed by atoms with van der Waals surface area (Å²) < 4.78 is 5.27. The summed E-state index contributed by atoms with van der Waals surface area (Å²) in [4.78, 5) is 12.3. The topological polar surface area (TPSA) is 62.4 Å². The average molecular weight is 315 g/mol. The lowest BCUT2D eigenvalue weighted by molar-refractivity contribution is 0.0973. The molecule has 1 amide bonds. The second-order valence-electron chi connectivity index (χ2n) is 4.55. The first kappa shape index (κ1) is 15.8. The van der Waals surface area contributed by atoms with Gasteiger partial charge in [-0.15, -0.1) is 0 Å². The van der Waals surface area contributed by atoms with Crippen molar-refractivity contribution in [1.29, 1.82) is 0 Å². The Morgan fingerprint density at radius 3 is 2.50 bits per heavy atom. The molecule has 5 nitrogen and oxygen atoms in total. The molecule has 6 heteroatoms. The number of hydrazine groups is 1. The lowest BCUT2D eigenvalue weighted by Gasteiger charge is -2.14. The van der Waals surface area contributed by atoms with Gasteiger partial charge in [0, 0.05) is 0 Å². The Labute approximate surface area is 134 Å². The molecule has 2 rings (SSSR count). The standard InChI is InChI=1S/C16H17N3O2S/c1-11-7-6-10-13(14(11)21-2)15(20)17-16(22)19-18-12-8-4-3-5-9-12/h3-10,18H,1-2H3,(H2,17,19,20,22). The highest BCUT2D eigenvalue weighted by Crippen LogP contribution is 2.22. The SMILES string of the molecule is COc1c(C)cccc1C(=O)NC(=S)NNc1ccccc1. The van der Waals surface area contributed by atoms with Crippen molar-refractivity contribution in [3.05, 3.63) is 59.7 Å². The molecule has 0 saturated carbocycles. The molecule has 0 radical (unpaired) electrons. The summed E-state index contributed by atoms with van der Waals surface area (Å²) >= 11 is 5.10. The van der Waals surface area contributed by atoms with Gasteiger partial charge < -0.3 is 4.74 Å². The zero-order valence-corrected chi connectivity index (χ0v) is 13.2. The molecule has 114 valence electrons. The molecular weight excluding hydrogens is 298 g/mol. The Bertz CT molecular complexity index is 674. The van der Waals surface area contributed by atoms with Gasteiger partial charge in [0.2, 0.25) is 0 Å². The highest BCUT2D eigenvalue weighted by Gasteiger charge is 2.14. The van der Waals surface area contributed by atoms with Gasteiger partial charge in [-0.05, 0) is 42.9 Å². The number of carbonyl (C=O) groups is 1. The van der Waals surface area contributed by atoms with E-state index >= 15 is 0 Å². The van der Waals surface area contributed by atoms with Gasteiger partial charge in [0.1, 0.15) is 5.75 Å². The summed E-state index contributed by atoms with van der Waals surface area (Å²) in [5.41, 5.74) is 7.83. The largest absolute Gasteiger partial charge is 0.496 e. The fraction of sp³-hybridized carbons (Fsp3) is 0.125. The summed E-state index contributed by atoms with van der Waals surface area (Å²) in [6.07, 6.45) is 0. The predicted molar refractivity (Wildman–Crippen MR) is 91.0 cm³/mol. The van der Waals surface area contributed by atoms with Crippen LogP contribution in [0.5, 0.6) is 5.75 Å². The van der Waals surface area contributed by atoms with Gasteiger partial charge in [0.05, 0.1) is 18.4 Å². The molecule has 3 N–H and O–H groups in total. The lowest BCUT2D eigenvalue weighted by atomic mass is 10.1. The van der Waals surface area contributed by atoms with E-state index in [1.54, 1.807) is 12.1 Å². The Morgan fingerprint density at radius 1 is 1.09 bits per heavy atom. The third-order valence-corrected chi connectivity index (χ3v) is 3.19. The fourth-order valence-electron chi connectivity index (χ4n) is 1.95. The van der Waals surface area contributed by atoms with Crippen LogP contribution >= 0.6 is 12.2 Å². The van der Waals surface area contributed by atoms with Crippen molar-refractivity contribution in [3.8, 4) is 5.75 Å². The number of aryl methyl sites for hydroxylation is 1. The molecule has 0 heterocycles. The Hall–Kier alpha value is -2.60. The van der Waals surface area contributed by atoms with Crippen molar-refractivity contribution >= 4 is 28.9 Å².